The Morgan fingerprint density at radius 3 is 0.737 bits per heavy atom. The quantitative estimate of drug-likeness (QED) is 0.363. The van der Waals surface area contributed by atoms with Crippen LogP contribution in [0.2, 0.25) is 0 Å². The Kier molecular flexibility index (Phi) is 42.3. The SMILES string of the molecule is CC(C)C(C)C.NC(=S)[S-].NC(=S)[S-].NC(=S)[S-].[Nd+3]. The molecule has 0 rings (SSSR count). The standard InChI is InChI=1S/C6H14.3CH3NS2.Nd/c1-5(2)6(3)4;3*2-1(3)4;/h5-6H,1-4H3;3*(H3,2,3,4);/q;;;;+3/p-3. The number of hydrogen-bond acceptors (Lipinski definition) is 6. The third kappa shape index (κ3) is 191. The molecular weight excluding hydrogens is 487 g/mol. The van der Waals surface area contributed by atoms with E-state index in [1.165, 1.54) is 0 Å². The molecule has 6 N–H and O–H groups in total. The molecule has 0 saturated carbocycles. The Balaban J connectivity index is -0.0000000459. The normalized spacial score (nSPS) is 7.26. The second-order valence-corrected chi connectivity index (χ2v) is 6.86. The first kappa shape index (κ1) is 32.6. The summed E-state index contributed by atoms with van der Waals surface area (Å²) in [7, 11) is 0. The van der Waals surface area contributed by atoms with Crippen molar-refractivity contribution in [2.75, 3.05) is 0 Å². The molecule has 0 spiro atoms. The van der Waals surface area contributed by atoms with Crippen molar-refractivity contribution >= 4 is 87.5 Å². The summed E-state index contributed by atoms with van der Waals surface area (Å²) in [5.74, 6) is 1.70. The fourth-order valence-electron chi connectivity index (χ4n) is 0. The molecule has 0 unspecified atom stereocenters. The van der Waals surface area contributed by atoms with Gasteiger partial charge in [0.1, 0.15) is 0 Å². The Labute approximate surface area is 182 Å². The van der Waals surface area contributed by atoms with E-state index in [0.717, 1.165) is 11.8 Å². The summed E-state index contributed by atoms with van der Waals surface area (Å²) in [5, 5.41) is 0. The van der Waals surface area contributed by atoms with Crippen LogP contribution >= 0.6 is 36.7 Å². The molecule has 3 nitrogen and oxygen atoms in total. The minimum atomic E-state index is 0. The molecule has 0 aliphatic heterocycles. The summed E-state index contributed by atoms with van der Waals surface area (Å²) in [5.41, 5.74) is 14.0. The molecule has 0 saturated heterocycles. The van der Waals surface area contributed by atoms with Crippen molar-refractivity contribution in [3.05, 3.63) is 0 Å². The zero-order valence-electron chi connectivity index (χ0n) is 11.3. The van der Waals surface area contributed by atoms with Gasteiger partial charge < -0.3 is 91.7 Å². The molecule has 0 bridgehead atoms. The van der Waals surface area contributed by atoms with E-state index < -0.39 is 0 Å². The van der Waals surface area contributed by atoms with E-state index >= 15 is 0 Å². The molecule has 111 valence electrons. The third-order valence-corrected chi connectivity index (χ3v) is 1.33. The summed E-state index contributed by atoms with van der Waals surface area (Å²) < 4.78 is 0.250. The zero-order chi connectivity index (χ0) is 15.9. The molecule has 0 aromatic rings. The molecule has 0 aliphatic carbocycles. The molecule has 0 fully saturated rings. The molecule has 10 heteroatoms. The van der Waals surface area contributed by atoms with Crippen LogP contribution in [0.15, 0.2) is 0 Å². The van der Waals surface area contributed by atoms with Crippen LogP contribution in [0.5, 0.6) is 0 Å². The van der Waals surface area contributed by atoms with Crippen LogP contribution in [0, 0.1) is 52.7 Å². The van der Waals surface area contributed by atoms with Crippen LogP contribution in [0.1, 0.15) is 27.7 Å². The van der Waals surface area contributed by atoms with Gasteiger partial charge in [0.2, 0.25) is 0 Å². The number of hydrogen-bond donors (Lipinski definition) is 3. The number of nitrogens with two attached hydrogens (primary N) is 3. The van der Waals surface area contributed by atoms with Gasteiger partial charge in [0.05, 0.1) is 0 Å². The van der Waals surface area contributed by atoms with Crippen LogP contribution in [0.4, 0.5) is 0 Å². The second kappa shape index (κ2) is 24.7. The predicted molar refractivity (Wildman–Crippen MR) is 102 cm³/mol. The van der Waals surface area contributed by atoms with Crippen molar-refractivity contribution < 1.29 is 40.8 Å². The van der Waals surface area contributed by atoms with Crippen molar-refractivity contribution in [3.63, 3.8) is 0 Å². The largest absolute Gasteiger partial charge is 3.00 e. The van der Waals surface area contributed by atoms with Crippen molar-refractivity contribution in [1.29, 1.82) is 0 Å². The maximum absolute atomic E-state index is 4.66. The number of rotatable bonds is 1. The van der Waals surface area contributed by atoms with E-state index in [0.29, 0.717) is 0 Å². The van der Waals surface area contributed by atoms with Crippen LogP contribution in [0.25, 0.3) is 0 Å². The molecule has 0 aliphatic rings. The van der Waals surface area contributed by atoms with Gasteiger partial charge in [-0.3, -0.25) is 0 Å². The first-order valence-corrected chi connectivity index (χ1v) is 7.18. The van der Waals surface area contributed by atoms with Gasteiger partial charge >= 0.3 is 40.8 Å². The third-order valence-electron chi connectivity index (χ3n) is 1.33. The molecule has 0 aromatic carbocycles. The topological polar surface area (TPSA) is 78.1 Å². The van der Waals surface area contributed by atoms with Gasteiger partial charge in [0, 0.05) is 0 Å². The Morgan fingerprint density at radius 1 is 0.684 bits per heavy atom. The summed E-state index contributed by atoms with van der Waals surface area (Å²) in [6.45, 7) is 8.96. The maximum atomic E-state index is 4.66. The van der Waals surface area contributed by atoms with E-state index in [-0.39, 0.29) is 53.8 Å². The Bertz CT molecular complexity index is 189. The molecule has 1 radical (unpaired) electrons. The van der Waals surface area contributed by atoms with Crippen LogP contribution < -0.4 is 17.2 Å². The van der Waals surface area contributed by atoms with Gasteiger partial charge in [-0.1, -0.05) is 40.7 Å². The van der Waals surface area contributed by atoms with Crippen molar-refractivity contribution in [2.45, 2.75) is 27.7 Å². The van der Waals surface area contributed by atoms with E-state index in [1.807, 2.05) is 0 Å². The van der Waals surface area contributed by atoms with Gasteiger partial charge in [0.25, 0.3) is 0 Å². The monoisotopic (exact) mass is 504 g/mol. The first-order valence-electron chi connectivity index (χ1n) is 4.73. The Morgan fingerprint density at radius 2 is 0.737 bits per heavy atom. The van der Waals surface area contributed by atoms with Crippen molar-refractivity contribution in [2.24, 2.45) is 29.0 Å². The van der Waals surface area contributed by atoms with Gasteiger partial charge in [-0.05, 0) is 11.8 Å². The summed E-state index contributed by atoms with van der Waals surface area (Å²) in [6.07, 6.45) is 0. The first-order chi connectivity index (χ1) is 7.84. The molecule has 0 aromatic heterocycles. The van der Waals surface area contributed by atoms with Gasteiger partial charge in [-0.15, -0.1) is 0 Å². The average molecular weight is 507 g/mol. The maximum Gasteiger partial charge on any atom is 3.00 e. The van der Waals surface area contributed by atoms with Gasteiger partial charge in [-0.2, -0.15) is 0 Å². The molecule has 0 heterocycles. The fraction of sp³-hybridized carbons (Fsp3) is 0.667. The Hall–Kier alpha value is 1.68. The molecule has 0 atom stereocenters. The van der Waals surface area contributed by atoms with E-state index in [1.54, 1.807) is 0 Å². The van der Waals surface area contributed by atoms with E-state index in [9.17, 15) is 0 Å². The van der Waals surface area contributed by atoms with Gasteiger partial charge in [-0.25, -0.2) is 0 Å². The molecular formula is C9H20N3NdS6. The molecule has 0 amide bonds. The second-order valence-electron chi connectivity index (χ2n) is 3.45. The zero-order valence-corrected chi connectivity index (χ0v) is 19.4. The van der Waals surface area contributed by atoms with E-state index in [2.05, 4.69) is 119 Å². The van der Waals surface area contributed by atoms with Crippen LogP contribution in [-0.2, 0) is 37.9 Å². The molecule has 19 heavy (non-hydrogen) atoms. The van der Waals surface area contributed by atoms with Crippen LogP contribution in [0.3, 0.4) is 0 Å². The smallest absolute Gasteiger partial charge is 0.415 e. The summed E-state index contributed by atoms with van der Waals surface area (Å²) >= 11 is 24.8. The van der Waals surface area contributed by atoms with E-state index in [4.69, 9.17) is 0 Å². The summed E-state index contributed by atoms with van der Waals surface area (Å²) in [4.78, 5) is 0. The fourth-order valence-corrected chi connectivity index (χ4v) is 0. The van der Waals surface area contributed by atoms with Gasteiger partial charge in [0.15, 0.2) is 0 Å². The van der Waals surface area contributed by atoms with Crippen molar-refractivity contribution in [3.8, 4) is 0 Å². The predicted octanol–water partition coefficient (Wildman–Crippen LogP) is 1.63. The van der Waals surface area contributed by atoms with Crippen molar-refractivity contribution in [1.82, 2.24) is 0 Å². The average Bonchev–Trinajstić information content (AvgIpc) is 1.99. The van der Waals surface area contributed by atoms with Crippen LogP contribution in [-0.4, -0.2) is 13.0 Å². The number of thiocarbonyl (C=S) groups is 3. The summed E-state index contributed by atoms with van der Waals surface area (Å²) in [6, 6.07) is 0. The minimum Gasteiger partial charge on any atom is -0.415 e. The minimum absolute atomic E-state index is 0.